The van der Waals surface area contributed by atoms with E-state index in [1.165, 1.54) is 19.1 Å². The Balaban J connectivity index is 1.26. The van der Waals surface area contributed by atoms with Gasteiger partial charge < -0.3 is 82.0 Å². The molecule has 0 unspecified atom stereocenters. The first-order valence-corrected chi connectivity index (χ1v) is 28.9. The van der Waals surface area contributed by atoms with E-state index in [4.69, 9.17) is 36.1 Å². The highest BCUT2D eigenvalue weighted by Gasteiger charge is 2.59. The first-order valence-electron chi connectivity index (χ1n) is 28.9. The van der Waals surface area contributed by atoms with Crippen LogP contribution in [0.5, 0.6) is 17.2 Å². The molecule has 21 heteroatoms. The van der Waals surface area contributed by atoms with Gasteiger partial charge in [-0.05, 0) is 141 Å². The van der Waals surface area contributed by atoms with Gasteiger partial charge in [-0.25, -0.2) is 0 Å². The van der Waals surface area contributed by atoms with Gasteiger partial charge in [0.15, 0.2) is 29.9 Å². The average molecular weight is 1170 g/mol. The molecule has 2 saturated carbocycles. The van der Waals surface area contributed by atoms with Gasteiger partial charge in [-0.1, -0.05) is 54.3 Å². The van der Waals surface area contributed by atoms with Gasteiger partial charge in [0.1, 0.15) is 29.6 Å². The van der Waals surface area contributed by atoms with Crippen molar-refractivity contribution in [3.8, 4) is 29.1 Å². The van der Waals surface area contributed by atoms with Crippen molar-refractivity contribution >= 4 is 48.2 Å². The Kier molecular flexibility index (Phi) is 17.7. The number of ether oxygens (including phenoxy) is 4. The second kappa shape index (κ2) is 24.6. The highest BCUT2D eigenvalue weighted by Crippen LogP contribution is 2.63. The van der Waals surface area contributed by atoms with E-state index in [-0.39, 0.29) is 118 Å². The van der Waals surface area contributed by atoms with Crippen LogP contribution in [0.15, 0.2) is 47.5 Å². The van der Waals surface area contributed by atoms with Crippen LogP contribution in [0.3, 0.4) is 0 Å². The number of aromatic hydroxyl groups is 1. The summed E-state index contributed by atoms with van der Waals surface area (Å²) in [5.41, 5.74) is 16.7. The Bertz CT molecular complexity index is 3450. The van der Waals surface area contributed by atoms with Gasteiger partial charge in [0.2, 0.25) is 12.1 Å². The highest BCUT2D eigenvalue weighted by atomic mass is 16.7. The number of nitrogens with two attached hydrogens (primary N) is 3. The number of phenols is 1. The van der Waals surface area contributed by atoms with Gasteiger partial charge >= 0.3 is 5.97 Å². The number of fused-ring (bicyclic) bond motifs is 6. The second-order valence-corrected chi connectivity index (χ2v) is 23.6. The molecule has 0 radical (unpaired) electrons. The average Bonchev–Trinajstić information content (AvgIpc) is 0.915. The zero-order valence-corrected chi connectivity index (χ0v) is 47.6. The van der Waals surface area contributed by atoms with Crippen molar-refractivity contribution in [2.45, 2.75) is 139 Å². The summed E-state index contributed by atoms with van der Waals surface area (Å²) in [4.78, 5) is 75.1. The van der Waals surface area contributed by atoms with E-state index in [9.17, 15) is 50.1 Å². The fourth-order valence-electron chi connectivity index (χ4n) is 14.5. The fourth-order valence-corrected chi connectivity index (χ4v) is 14.5. The quantitative estimate of drug-likeness (QED) is 0.0105. The molecule has 14 N–H and O–H groups in total. The van der Waals surface area contributed by atoms with Crippen LogP contribution in [0, 0.1) is 35.5 Å². The maximum Gasteiger partial charge on any atom is 0.308 e. The monoisotopic (exact) mass is 1170 g/mol. The number of guanidine groups is 1. The van der Waals surface area contributed by atoms with Crippen molar-refractivity contribution in [1.82, 2.24) is 5.32 Å². The topological polar surface area (TPSA) is 366 Å². The van der Waals surface area contributed by atoms with Gasteiger partial charge in [-0.15, -0.1) is 0 Å². The number of aliphatic hydroxyl groups excluding tert-OH is 3. The summed E-state index contributed by atoms with van der Waals surface area (Å²) >= 11 is 0. The number of nitrogens with zero attached hydrogens (tertiary/aromatic N) is 1. The Morgan fingerprint density at radius 3 is 2.47 bits per heavy atom. The van der Waals surface area contributed by atoms with E-state index in [0.29, 0.717) is 48.8 Å². The minimum absolute atomic E-state index is 0.0131. The predicted molar refractivity (Wildman–Crippen MR) is 309 cm³/mol. The first kappa shape index (κ1) is 60.9. The number of phenolic OH excluding ortho intramolecular Hbond substituents is 1. The number of hydrogen-bond donors (Lipinski definition) is 11. The molecule has 5 aliphatic carbocycles. The molecule has 6 bridgehead atoms. The second-order valence-electron chi connectivity index (χ2n) is 23.6. The summed E-state index contributed by atoms with van der Waals surface area (Å²) in [6.07, 6.45) is -1.20. The minimum atomic E-state index is -3.14. The maximum absolute atomic E-state index is 16.1. The lowest BCUT2D eigenvalue weighted by Gasteiger charge is -2.58. The lowest BCUT2D eigenvalue weighted by atomic mass is 9.48. The largest absolute Gasteiger partial charge is 0.507 e. The number of aldehydes is 2. The van der Waals surface area contributed by atoms with E-state index < -0.39 is 114 Å². The van der Waals surface area contributed by atoms with Gasteiger partial charge in [-0.3, -0.25) is 24.2 Å². The standard InChI is InChI=1S/C64H73N5O16/c1-31-59(78)64(80,81)60(82-19-17-69-62(66)67)61(83-31)85-58-44-9-5-8-40(65)12-13-41(74)22-34-7-4-6-33(20-34)10-14-43-49(84-32(2)73)25-39(29-71)50-51(43)57(77)52(44)53(56(50)76)55(75)46(58)24-36-11-15-42-45-26-48-38(23-37(45)16-18-70)21-35(28-68-3)27-63(48,79)54(42)47(36)30-72/h4,6-7,10-11,14-15,18,20,25,30-31,35,37-38,40-41,45,48,59-61,68,71,74-75,78-81H,9,12-13,16-17,19,21-24,26-29,65H2,1-3H3,(H4,66,67,69)/b14-10+/t31-,35+,37+,38+,40-,41+,45+,48-,59+,60-,61+,63-/m0/s1. The predicted octanol–water partition coefficient (Wildman–Crippen LogP) is 2.70. The summed E-state index contributed by atoms with van der Waals surface area (Å²) in [5.74, 6) is -2.08. The number of esters is 1. The molecule has 450 valence electrons. The van der Waals surface area contributed by atoms with Crippen LogP contribution in [-0.4, -0.2) is 141 Å². The van der Waals surface area contributed by atoms with Crippen molar-refractivity contribution in [1.29, 1.82) is 0 Å². The number of aliphatic imine (C=N–C) groups is 1. The third-order valence-corrected chi connectivity index (χ3v) is 18.1. The van der Waals surface area contributed by atoms with Crippen LogP contribution in [0.1, 0.15) is 157 Å². The van der Waals surface area contributed by atoms with Crippen LogP contribution in [-0.2, 0) is 50.5 Å². The van der Waals surface area contributed by atoms with Crippen LogP contribution < -0.4 is 32.0 Å². The molecule has 1 saturated heterocycles. The zero-order chi connectivity index (χ0) is 60.8. The molecule has 21 nitrogen and oxygen atoms in total. The van der Waals surface area contributed by atoms with Gasteiger partial charge in [-0.2, -0.15) is 0 Å². The molecular formula is C64H73N5O16. The number of carbonyl (C=O) groups is 5. The van der Waals surface area contributed by atoms with Crippen LogP contribution in [0.25, 0.3) is 12.2 Å². The molecule has 4 aromatic rings. The van der Waals surface area contributed by atoms with E-state index in [1.807, 2.05) is 25.2 Å². The number of hydrogen-bond acceptors (Lipinski definition) is 19. The molecule has 1 aliphatic heterocycles. The minimum Gasteiger partial charge on any atom is -0.507 e. The normalized spacial score (nSPS) is 28.5. The van der Waals surface area contributed by atoms with Gasteiger partial charge in [0.25, 0.3) is 0 Å². The molecule has 12 atom stereocenters. The molecule has 10 rings (SSSR count). The highest BCUT2D eigenvalue weighted by molar-refractivity contribution is 6.32. The van der Waals surface area contributed by atoms with Crippen molar-refractivity contribution in [3.63, 3.8) is 0 Å². The van der Waals surface area contributed by atoms with Gasteiger partial charge in [0.05, 0.1) is 49.2 Å². The summed E-state index contributed by atoms with van der Waals surface area (Å²) in [7, 11) is 1.83. The molecule has 0 amide bonds. The van der Waals surface area contributed by atoms with E-state index in [0.717, 1.165) is 25.2 Å². The molecule has 3 fully saturated rings. The number of nitrogens with one attached hydrogen (secondary N) is 1. The molecule has 85 heavy (non-hydrogen) atoms. The molecule has 4 aromatic carbocycles. The SMILES string of the molecule is CNC[C@@H]1C[C@@H]2C[C@@H](CC=O)[C@H]3C[C@@H]2[C@@](O)(C1)c1c3ccc(Cc2c(O)c3c4c(c2O[C@H]2O[C@@H](C)[C@@H](O)C(O)(O)[C@H]2OCCN=C(N)N)CC#C[C@H](N)CC[C@@H](O)Cc2cccc(c2)/C=C/c2c(OC(C)=O)cc(CO)c(c2C4=O)C3=O)c1C=O. The van der Waals surface area contributed by atoms with Crippen LogP contribution in [0.2, 0.25) is 0 Å². The summed E-state index contributed by atoms with van der Waals surface area (Å²) < 4.78 is 24.8. The summed E-state index contributed by atoms with van der Waals surface area (Å²) in [6, 6.07) is 11.1. The molecule has 0 spiro atoms. The van der Waals surface area contributed by atoms with E-state index >= 15 is 9.59 Å². The van der Waals surface area contributed by atoms with E-state index in [1.54, 1.807) is 24.3 Å². The Hall–Kier alpha value is -7.20. The van der Waals surface area contributed by atoms with Gasteiger partial charge in [0, 0.05) is 65.1 Å². The third-order valence-electron chi connectivity index (χ3n) is 18.1. The molecule has 1 heterocycles. The number of rotatable bonds is 15. The fraction of sp³-hybridized carbons (Fsp3) is 0.469. The summed E-state index contributed by atoms with van der Waals surface area (Å²) in [6.45, 7) is 1.57. The maximum atomic E-state index is 16.1. The van der Waals surface area contributed by atoms with Crippen LogP contribution in [0.4, 0.5) is 0 Å². The Morgan fingerprint density at radius 2 is 1.75 bits per heavy atom. The number of benzene rings is 4. The Morgan fingerprint density at radius 1 is 0.976 bits per heavy atom. The lowest BCUT2D eigenvalue weighted by molar-refractivity contribution is -0.378. The number of ketones is 2. The van der Waals surface area contributed by atoms with Crippen molar-refractivity contribution in [3.05, 3.63) is 120 Å². The third kappa shape index (κ3) is 11.4. The lowest BCUT2D eigenvalue weighted by Crippen LogP contribution is -2.67. The molecular weight excluding hydrogens is 1090 g/mol. The van der Waals surface area contributed by atoms with Crippen molar-refractivity contribution < 1.29 is 78.7 Å². The summed E-state index contributed by atoms with van der Waals surface area (Å²) in [5, 5.41) is 86.9. The number of carbonyl (C=O) groups excluding carboxylic acids is 5. The first-order chi connectivity index (χ1) is 40.6. The van der Waals surface area contributed by atoms with Crippen LogP contribution >= 0.6 is 0 Å². The molecule has 6 aliphatic rings. The zero-order valence-electron chi connectivity index (χ0n) is 47.6. The molecule has 0 aromatic heterocycles. The number of aliphatic hydroxyl groups is 6. The Labute approximate surface area is 491 Å². The smallest absolute Gasteiger partial charge is 0.308 e. The van der Waals surface area contributed by atoms with Crippen molar-refractivity contribution in [2.24, 2.45) is 45.9 Å². The van der Waals surface area contributed by atoms with Crippen molar-refractivity contribution in [2.75, 3.05) is 26.7 Å². The van der Waals surface area contributed by atoms with E-state index in [2.05, 4.69) is 22.2 Å².